The largest absolute Gasteiger partial charge is 0.496 e. The molecule has 82 valence electrons. The van der Waals surface area contributed by atoms with Crippen molar-refractivity contribution in [2.45, 2.75) is 13.8 Å². The minimum atomic E-state index is 0.927. The van der Waals surface area contributed by atoms with Crippen LogP contribution in [0.5, 0.6) is 5.75 Å². The molecule has 0 aliphatic carbocycles. The second-order valence-electron chi connectivity index (χ2n) is 4.07. The van der Waals surface area contributed by atoms with E-state index < -0.39 is 0 Å². The molecule has 0 heterocycles. The average Bonchev–Trinajstić information content (AvgIpc) is 2.29. The molecule has 0 unspecified atom stereocenters. The highest BCUT2D eigenvalue weighted by molar-refractivity contribution is 5.71. The van der Waals surface area contributed by atoms with E-state index in [9.17, 15) is 0 Å². The van der Waals surface area contributed by atoms with E-state index in [1.165, 1.54) is 16.7 Å². The minimum absolute atomic E-state index is 0.927. The Morgan fingerprint density at radius 1 is 0.875 bits per heavy atom. The molecule has 0 amide bonds. The normalized spacial score (nSPS) is 10.2. The lowest BCUT2D eigenvalue weighted by Gasteiger charge is -2.10. The first kappa shape index (κ1) is 10.7. The number of rotatable bonds is 2. The number of methoxy groups -OCH3 is 1. The fourth-order valence-electron chi connectivity index (χ4n) is 1.86. The van der Waals surface area contributed by atoms with Crippen molar-refractivity contribution in [2.24, 2.45) is 0 Å². The molecule has 0 spiro atoms. The fraction of sp³-hybridized carbons (Fsp3) is 0.200. The number of aryl methyl sites for hydroxylation is 2. The van der Waals surface area contributed by atoms with Gasteiger partial charge < -0.3 is 4.74 Å². The molecule has 0 fully saturated rings. The smallest absolute Gasteiger partial charge is 0.126 e. The first-order valence-corrected chi connectivity index (χ1v) is 5.42. The Labute approximate surface area is 96.7 Å². The van der Waals surface area contributed by atoms with Crippen molar-refractivity contribution in [1.29, 1.82) is 0 Å². The van der Waals surface area contributed by atoms with Gasteiger partial charge in [0, 0.05) is 5.56 Å². The van der Waals surface area contributed by atoms with Gasteiger partial charge in [-0.15, -0.1) is 0 Å². The molecule has 2 rings (SSSR count). The molecule has 2 aromatic rings. The molecule has 16 heavy (non-hydrogen) atoms. The van der Waals surface area contributed by atoms with Crippen molar-refractivity contribution in [2.75, 3.05) is 7.11 Å². The van der Waals surface area contributed by atoms with Gasteiger partial charge in [-0.25, -0.2) is 0 Å². The summed E-state index contributed by atoms with van der Waals surface area (Å²) in [5.74, 6) is 0.927. The Morgan fingerprint density at radius 2 is 1.62 bits per heavy atom. The number of hydrogen-bond acceptors (Lipinski definition) is 1. The Morgan fingerprint density at radius 3 is 2.31 bits per heavy atom. The molecule has 1 heteroatoms. The predicted molar refractivity (Wildman–Crippen MR) is 67.9 cm³/mol. The van der Waals surface area contributed by atoms with E-state index >= 15 is 0 Å². The Hall–Kier alpha value is -1.76. The first-order valence-electron chi connectivity index (χ1n) is 5.42. The van der Waals surface area contributed by atoms with Crippen molar-refractivity contribution in [1.82, 2.24) is 0 Å². The van der Waals surface area contributed by atoms with Crippen molar-refractivity contribution >= 4 is 0 Å². The van der Waals surface area contributed by atoms with E-state index in [1.54, 1.807) is 7.11 Å². The van der Waals surface area contributed by atoms with Crippen LogP contribution < -0.4 is 4.74 Å². The van der Waals surface area contributed by atoms with Gasteiger partial charge in [0.05, 0.1) is 7.11 Å². The van der Waals surface area contributed by atoms with E-state index in [0.29, 0.717) is 0 Å². The van der Waals surface area contributed by atoms with Crippen LogP contribution in [0.2, 0.25) is 0 Å². The predicted octanol–water partition coefficient (Wildman–Crippen LogP) is 3.98. The number of hydrogen-bond donors (Lipinski definition) is 0. The highest BCUT2D eigenvalue weighted by Crippen LogP contribution is 2.31. The molecule has 0 saturated heterocycles. The summed E-state index contributed by atoms with van der Waals surface area (Å²) < 4.78 is 5.39. The van der Waals surface area contributed by atoms with Crippen LogP contribution in [0.25, 0.3) is 11.1 Å². The summed E-state index contributed by atoms with van der Waals surface area (Å²) in [6.07, 6.45) is 0. The molecule has 0 aromatic heterocycles. The van der Waals surface area contributed by atoms with Crippen LogP contribution in [0.15, 0.2) is 42.5 Å². The molecular formula is C15H16O. The van der Waals surface area contributed by atoms with Crippen molar-refractivity contribution in [3.63, 3.8) is 0 Å². The van der Waals surface area contributed by atoms with Gasteiger partial charge in [-0.3, -0.25) is 0 Å². The van der Waals surface area contributed by atoms with Crippen molar-refractivity contribution in [3.05, 3.63) is 53.6 Å². The molecule has 0 saturated carbocycles. The molecule has 0 aliphatic heterocycles. The summed E-state index contributed by atoms with van der Waals surface area (Å²) in [7, 11) is 1.71. The monoisotopic (exact) mass is 212 g/mol. The van der Waals surface area contributed by atoms with Crippen LogP contribution in [-0.2, 0) is 0 Å². The third-order valence-electron chi connectivity index (χ3n) is 2.68. The number of ether oxygens (including phenoxy) is 1. The Balaban J connectivity index is 2.58. The maximum Gasteiger partial charge on any atom is 0.126 e. The second-order valence-corrected chi connectivity index (χ2v) is 4.07. The van der Waals surface area contributed by atoms with E-state index in [4.69, 9.17) is 4.74 Å². The summed E-state index contributed by atoms with van der Waals surface area (Å²) in [6, 6.07) is 14.7. The van der Waals surface area contributed by atoms with E-state index in [1.807, 2.05) is 6.07 Å². The highest BCUT2D eigenvalue weighted by atomic mass is 16.5. The van der Waals surface area contributed by atoms with Crippen molar-refractivity contribution < 1.29 is 4.74 Å². The van der Waals surface area contributed by atoms with Crippen LogP contribution in [0.3, 0.4) is 0 Å². The lowest BCUT2D eigenvalue weighted by molar-refractivity contribution is 0.416. The summed E-state index contributed by atoms with van der Waals surface area (Å²) in [6.45, 7) is 4.20. The Bertz CT molecular complexity index is 501. The van der Waals surface area contributed by atoms with E-state index in [-0.39, 0.29) is 0 Å². The molecule has 2 aromatic carbocycles. The zero-order chi connectivity index (χ0) is 11.5. The first-order chi connectivity index (χ1) is 7.70. The maximum atomic E-state index is 5.39. The van der Waals surface area contributed by atoms with Gasteiger partial charge in [0.15, 0.2) is 0 Å². The van der Waals surface area contributed by atoms with Gasteiger partial charge in [-0.2, -0.15) is 0 Å². The summed E-state index contributed by atoms with van der Waals surface area (Å²) in [5.41, 5.74) is 4.88. The Kier molecular flexibility index (Phi) is 2.95. The molecule has 0 aliphatic rings. The summed E-state index contributed by atoms with van der Waals surface area (Å²) in [4.78, 5) is 0. The standard InChI is InChI=1S/C15H16O/c1-11-5-4-6-13(9-11)14-10-12(2)7-8-15(14)16-3/h4-10H,1-3H3. The SMILES string of the molecule is COc1ccc(C)cc1-c1cccc(C)c1. The van der Waals surface area contributed by atoms with Crippen LogP contribution in [-0.4, -0.2) is 7.11 Å². The molecule has 1 nitrogen and oxygen atoms in total. The zero-order valence-corrected chi connectivity index (χ0v) is 9.95. The number of benzene rings is 2. The van der Waals surface area contributed by atoms with Crippen LogP contribution in [0.4, 0.5) is 0 Å². The topological polar surface area (TPSA) is 9.23 Å². The van der Waals surface area contributed by atoms with Crippen molar-refractivity contribution in [3.8, 4) is 16.9 Å². The molecular weight excluding hydrogens is 196 g/mol. The lowest BCUT2D eigenvalue weighted by atomic mass is 10.0. The van der Waals surface area contributed by atoms with Crippen LogP contribution >= 0.6 is 0 Å². The van der Waals surface area contributed by atoms with Gasteiger partial charge in [-0.05, 0) is 31.5 Å². The molecule has 0 N–H and O–H groups in total. The molecule has 0 atom stereocenters. The zero-order valence-electron chi connectivity index (χ0n) is 9.95. The lowest BCUT2D eigenvalue weighted by Crippen LogP contribution is -1.89. The fourth-order valence-corrected chi connectivity index (χ4v) is 1.86. The second kappa shape index (κ2) is 4.40. The highest BCUT2D eigenvalue weighted by Gasteiger charge is 2.05. The van der Waals surface area contributed by atoms with Gasteiger partial charge in [0.2, 0.25) is 0 Å². The summed E-state index contributed by atoms with van der Waals surface area (Å²) in [5, 5.41) is 0. The van der Waals surface area contributed by atoms with E-state index in [0.717, 1.165) is 11.3 Å². The average molecular weight is 212 g/mol. The van der Waals surface area contributed by atoms with Gasteiger partial charge in [0.25, 0.3) is 0 Å². The van der Waals surface area contributed by atoms with Gasteiger partial charge >= 0.3 is 0 Å². The third kappa shape index (κ3) is 2.08. The van der Waals surface area contributed by atoms with Gasteiger partial charge in [-0.1, -0.05) is 41.5 Å². The minimum Gasteiger partial charge on any atom is -0.496 e. The third-order valence-corrected chi connectivity index (χ3v) is 2.68. The summed E-state index contributed by atoms with van der Waals surface area (Å²) >= 11 is 0. The molecule has 0 bridgehead atoms. The molecule has 0 radical (unpaired) electrons. The van der Waals surface area contributed by atoms with Crippen LogP contribution in [0, 0.1) is 13.8 Å². The van der Waals surface area contributed by atoms with E-state index in [2.05, 4.69) is 50.2 Å². The maximum absolute atomic E-state index is 5.39. The van der Waals surface area contributed by atoms with Gasteiger partial charge in [0.1, 0.15) is 5.75 Å². The van der Waals surface area contributed by atoms with Crippen LogP contribution in [0.1, 0.15) is 11.1 Å². The quantitative estimate of drug-likeness (QED) is 0.731.